The van der Waals surface area contributed by atoms with Crippen molar-refractivity contribution in [3.05, 3.63) is 69.9 Å². The van der Waals surface area contributed by atoms with E-state index in [9.17, 15) is 66.8 Å². The maximum Gasteiger partial charge on any atom is 0.332 e. The van der Waals surface area contributed by atoms with Crippen LogP contribution in [0.4, 0.5) is 13.2 Å². The highest BCUT2D eigenvalue weighted by Crippen LogP contribution is 2.42. The second-order valence-corrected chi connectivity index (χ2v) is 31.2. The van der Waals surface area contributed by atoms with Crippen molar-refractivity contribution in [1.29, 1.82) is 0 Å². The van der Waals surface area contributed by atoms with Crippen LogP contribution in [0.2, 0.25) is 0 Å². The van der Waals surface area contributed by atoms with Crippen LogP contribution >= 0.6 is 38.6 Å². The van der Waals surface area contributed by atoms with Gasteiger partial charge in [-0.2, -0.15) is 0 Å². The molecule has 2 aromatic carbocycles. The maximum absolute atomic E-state index is 14.5. The van der Waals surface area contributed by atoms with Gasteiger partial charge in [0.2, 0.25) is 23.6 Å². The highest BCUT2D eigenvalue weighted by atomic mass is 79.9. The van der Waals surface area contributed by atoms with Crippen LogP contribution in [0.15, 0.2) is 47.4 Å². The van der Waals surface area contributed by atoms with Gasteiger partial charge in [-0.3, -0.25) is 33.2 Å². The molecular weight excluding hydrogens is 1470 g/mol. The van der Waals surface area contributed by atoms with E-state index >= 15 is 0 Å². The number of benzene rings is 2. The fourth-order valence-electron chi connectivity index (χ4n) is 11.6. The average Bonchev–Trinajstić information content (AvgIpc) is 1.61. The van der Waals surface area contributed by atoms with Crippen molar-refractivity contribution in [2.75, 3.05) is 71.8 Å². The number of aliphatic hydroxyl groups is 2. The largest absolute Gasteiger partial charge is 0.508 e. The number of aryl methyl sites for hydroxylation is 2. The number of nitrogens with one attached hydrogen (secondary N) is 4. The molecule has 30 heteroatoms. The third kappa shape index (κ3) is 28.4. The number of hydrogen-bond donors (Lipinski definition) is 7. The number of ether oxygens (including phenoxy) is 5. The van der Waals surface area contributed by atoms with E-state index in [-0.39, 0.29) is 95.6 Å². The number of hydrogen-bond acceptors (Lipinski definition) is 20. The number of carbonyl (C=O) groups is 8. The number of rotatable bonds is 36. The van der Waals surface area contributed by atoms with E-state index in [0.717, 1.165) is 81.7 Å². The van der Waals surface area contributed by atoms with Gasteiger partial charge in [-0.15, -0.1) is 22.7 Å². The number of aromatic nitrogens is 2. The Bertz CT molecular complexity index is 3480. The summed E-state index contributed by atoms with van der Waals surface area (Å²) in [6.45, 7) is 20.4. The zero-order valence-corrected chi connectivity index (χ0v) is 65.6. The number of unbranched alkanes of at least 4 members (excludes halogenated alkanes) is 8. The summed E-state index contributed by atoms with van der Waals surface area (Å²) in [5, 5.41) is 43.2. The van der Waals surface area contributed by atoms with Crippen LogP contribution in [-0.4, -0.2) is 202 Å². The lowest BCUT2D eigenvalue weighted by Gasteiger charge is -2.35. The molecule has 6 atom stereocenters. The highest BCUT2D eigenvalue weighted by molar-refractivity contribution is 9.09. The lowest BCUT2D eigenvalue weighted by atomic mass is 9.85. The molecule has 2 saturated carbocycles. The number of alkyl halides is 4. The average molecular weight is 1580 g/mol. The molecule has 4 heterocycles. The van der Waals surface area contributed by atoms with E-state index in [1.165, 1.54) is 58.2 Å². The van der Waals surface area contributed by atoms with Crippen molar-refractivity contribution in [2.45, 2.75) is 233 Å². The summed E-state index contributed by atoms with van der Waals surface area (Å²) in [4.78, 5) is 114. The molecule has 2 aliphatic heterocycles. The zero-order valence-electron chi connectivity index (χ0n) is 63.4. The van der Waals surface area contributed by atoms with E-state index in [0.29, 0.717) is 44.3 Å². The van der Waals surface area contributed by atoms with Crippen molar-refractivity contribution in [2.24, 2.45) is 10.8 Å². The summed E-state index contributed by atoms with van der Waals surface area (Å²) in [6, 6.07) is 6.91. The zero-order chi connectivity index (χ0) is 78.4. The van der Waals surface area contributed by atoms with Crippen molar-refractivity contribution >= 4 is 86.0 Å². The molecule has 0 bridgehead atoms. The first-order chi connectivity index (χ1) is 50.2. The molecule has 0 radical (unpaired) electrons. The number of nitrogens with zero attached hydrogens (tertiary/aromatic N) is 4. The summed E-state index contributed by atoms with van der Waals surface area (Å²) in [6.07, 6.45) is 9.26. The predicted octanol–water partition coefficient (Wildman–Crippen LogP) is 10.6. The summed E-state index contributed by atoms with van der Waals surface area (Å²) in [5.41, 5.74) is 2.89. The van der Waals surface area contributed by atoms with Gasteiger partial charge in [0, 0.05) is 68.7 Å². The van der Waals surface area contributed by atoms with E-state index in [1.807, 2.05) is 38.1 Å². The number of thiazole rings is 2. The molecule has 2 aromatic heterocycles. The fourth-order valence-corrected chi connectivity index (χ4v) is 13.6. The minimum atomic E-state index is -1.96. The molecule has 0 spiro atoms. The first kappa shape index (κ1) is 87.1. The third-order valence-electron chi connectivity index (χ3n) is 17.9. The minimum Gasteiger partial charge on any atom is -0.508 e. The van der Waals surface area contributed by atoms with Gasteiger partial charge in [0.1, 0.15) is 48.9 Å². The number of aliphatic hydroxyl groups excluding tert-OH is 2. The first-order valence-corrected chi connectivity index (χ1v) is 38.9. The molecule has 0 unspecified atom stereocenters. The van der Waals surface area contributed by atoms with Crippen LogP contribution in [0.3, 0.4) is 0 Å². The first-order valence-electron chi connectivity index (χ1n) is 36.7. The lowest BCUT2D eigenvalue weighted by Crippen LogP contribution is -2.59. The number of carbonyl (C=O) groups excluding carboxylic acids is 8. The van der Waals surface area contributed by atoms with Gasteiger partial charge < -0.3 is 70.1 Å². The van der Waals surface area contributed by atoms with Crippen LogP contribution < -0.4 is 26.0 Å². The summed E-state index contributed by atoms with van der Waals surface area (Å²) < 4.78 is 70.7. The van der Waals surface area contributed by atoms with E-state index in [4.69, 9.17) is 25.1 Å². The molecular formula is C75H110BrF3N8O16S2. The van der Waals surface area contributed by atoms with E-state index in [1.54, 1.807) is 78.5 Å². The Morgan fingerprint density at radius 1 is 0.629 bits per heavy atom. The topological polar surface area (TPSA) is 324 Å². The van der Waals surface area contributed by atoms with Gasteiger partial charge in [0.15, 0.2) is 11.3 Å². The van der Waals surface area contributed by atoms with Crippen LogP contribution in [-0.2, 0) is 70.4 Å². The Hall–Kier alpha value is -6.83. The normalized spacial score (nSPS) is 18.2. The quantitative estimate of drug-likeness (QED) is 0.0126. The predicted molar refractivity (Wildman–Crippen MR) is 398 cm³/mol. The number of β-amino-alcohol motifs (C(OH)–C–C–N with tert-alkyl or cyclic N) is 2. The number of esters is 2. The fraction of sp³-hybridized carbons (Fsp3) is 0.653. The van der Waals surface area contributed by atoms with Crippen LogP contribution in [0.5, 0.6) is 11.5 Å². The molecule has 4 aliphatic rings. The minimum absolute atomic E-state index is 0.0146. The van der Waals surface area contributed by atoms with Crippen molar-refractivity contribution in [3.63, 3.8) is 0 Å². The van der Waals surface area contributed by atoms with Gasteiger partial charge in [-0.05, 0) is 113 Å². The van der Waals surface area contributed by atoms with Crippen molar-refractivity contribution in [3.8, 4) is 32.4 Å². The Kier molecular flexibility index (Phi) is 35.9. The number of amides is 6. The number of likely N-dealkylation sites (tertiary alicyclic amines) is 2. The summed E-state index contributed by atoms with van der Waals surface area (Å²) in [5.74, 6) is -3.63. The van der Waals surface area contributed by atoms with Gasteiger partial charge in [-0.1, -0.05) is 120 Å². The molecule has 6 amide bonds. The van der Waals surface area contributed by atoms with E-state index < -0.39 is 101 Å². The van der Waals surface area contributed by atoms with Gasteiger partial charge in [-0.25, -0.2) is 28.3 Å². The number of halogens is 4. The maximum atomic E-state index is 14.5. The van der Waals surface area contributed by atoms with Crippen molar-refractivity contribution in [1.82, 2.24) is 41.0 Å². The van der Waals surface area contributed by atoms with E-state index in [2.05, 4.69) is 47.2 Å². The van der Waals surface area contributed by atoms with Crippen molar-refractivity contribution < 1.29 is 91.9 Å². The van der Waals surface area contributed by atoms with Gasteiger partial charge in [0.25, 0.3) is 11.8 Å². The smallest absolute Gasteiger partial charge is 0.332 e. The Labute approximate surface area is 633 Å². The number of phenols is 1. The number of aromatic hydroxyl groups is 1. The Balaban J connectivity index is 0.000000318. The molecule has 4 aromatic rings. The molecule has 105 heavy (non-hydrogen) atoms. The SMILES string of the molecule is CCOC(=O)COCCCCCCCBr.CCOC(=O)COCCCCCCCOc1cc(-c2scnc2C)ccc1CNC(=O)[C@@H]1C[C@@H](O)CN1C(=O)[C@@H](NC(=O)C1(F)CC1)C(C)(C)C.Cc1ncsc1-c1ccc(CNC(=O)[C@@H]2C[C@@H](O)CN2C(=O)[C@@H](NC(=O)C2(F)CC2)C(C)(C)C)c(O)c1.[2H]CF. The third-order valence-corrected chi connectivity index (χ3v) is 20.5. The van der Waals surface area contributed by atoms with Crippen LogP contribution in [0, 0.1) is 24.7 Å². The molecule has 7 N–H and O–H groups in total. The molecule has 2 saturated heterocycles. The van der Waals surface area contributed by atoms with Gasteiger partial charge in [0.05, 0.1) is 72.7 Å². The van der Waals surface area contributed by atoms with Crippen LogP contribution in [0.25, 0.3) is 20.9 Å². The Morgan fingerprint density at radius 3 is 1.40 bits per heavy atom. The molecule has 24 nitrogen and oxygen atoms in total. The molecule has 586 valence electrons. The standard InChI is InChI=1S/C37H53FN4O8S.C26H33FN4O5S.C11H21BrO3.CH3F/c1-6-49-30(44)22-48-16-10-8-7-9-11-17-50-29-18-25(31-24(2)40-23-51-31)12-13-26(29)20-39-33(45)28-19-27(43)21-42(28)34(46)32(36(3,4)5)41-35(47)37(38)14-15-37;1-14-20(37-13-29-14)15-5-6-16(19(33)9-15)11-28-22(34)18-10-17(32)12-31(18)23(35)21(25(2,3)4)30-24(36)26(27)7-8-26;1-2-15-11(13)10-14-9-7-5-3-4-6-8-12;1-2/h12-13,18,23,27-28,32,43H,6-11,14-17,19-22H2,1-5H3,(H,39,45)(H,41,47);5-6,9,13,17-18,21,32-33H,7-8,10-12H2,1-4H3,(H,28,34)(H,30,36);2-10H2,1H3;1H3/t27-,28+,32-;17-,18+,21-;;/m11../s1/i;;;1D. The van der Waals surface area contributed by atoms with Crippen LogP contribution in [0.1, 0.15) is 182 Å². The highest BCUT2D eigenvalue weighted by Gasteiger charge is 2.55. The summed E-state index contributed by atoms with van der Waals surface area (Å²) in [7, 11) is -1.00. The second kappa shape index (κ2) is 43.2. The molecule has 2 aliphatic carbocycles. The molecule has 8 rings (SSSR count). The monoisotopic (exact) mass is 1580 g/mol. The molecule has 4 fully saturated rings. The summed E-state index contributed by atoms with van der Waals surface area (Å²) >= 11 is 6.40. The van der Waals surface area contributed by atoms with Gasteiger partial charge >= 0.3 is 11.9 Å². The second-order valence-electron chi connectivity index (χ2n) is 28.7. The lowest BCUT2D eigenvalue weighted by molar-refractivity contribution is -0.149. The number of phenolic OH excluding ortho intramolecular Hbond substituents is 1. The Morgan fingerprint density at radius 2 is 1.02 bits per heavy atom.